The minimum absolute atomic E-state index is 0.124. The van der Waals surface area contributed by atoms with Gasteiger partial charge in [-0.2, -0.15) is 0 Å². The summed E-state index contributed by atoms with van der Waals surface area (Å²) >= 11 is 0. The quantitative estimate of drug-likeness (QED) is 0.400. The van der Waals surface area contributed by atoms with Crippen molar-refractivity contribution in [3.8, 4) is 0 Å². The fourth-order valence-corrected chi connectivity index (χ4v) is 3.02. The average Bonchev–Trinajstić information content (AvgIpc) is 2.79. The van der Waals surface area contributed by atoms with Crippen molar-refractivity contribution < 1.29 is 29.0 Å². The minimum atomic E-state index is -0.985. The van der Waals surface area contributed by atoms with E-state index in [1.807, 2.05) is 60.7 Å². The van der Waals surface area contributed by atoms with Crippen molar-refractivity contribution in [3.63, 3.8) is 0 Å². The normalized spacial score (nSPS) is 11.2. The molecule has 1 unspecified atom stereocenters. The van der Waals surface area contributed by atoms with Gasteiger partial charge in [-0.15, -0.1) is 0 Å². The summed E-state index contributed by atoms with van der Waals surface area (Å²) in [6, 6.07) is 18.2. The predicted octanol–water partition coefficient (Wildman–Crippen LogP) is 4.24. The number of carbonyl (C=O) groups is 3. The lowest BCUT2D eigenvalue weighted by molar-refractivity contribution is -0.137. The first kappa shape index (κ1) is 24.7. The molecule has 0 saturated carbocycles. The summed E-state index contributed by atoms with van der Waals surface area (Å²) in [5.41, 5.74) is 1.77. The molecule has 0 fully saturated rings. The van der Waals surface area contributed by atoms with E-state index in [-0.39, 0.29) is 19.6 Å². The maximum Gasteiger partial charge on any atom is 0.407 e. The Hall–Kier alpha value is -3.55. The second kappa shape index (κ2) is 14.5. The van der Waals surface area contributed by atoms with Crippen LogP contribution >= 0.6 is 0 Å². The van der Waals surface area contributed by atoms with Gasteiger partial charge in [-0.1, -0.05) is 73.5 Å². The molecule has 0 heterocycles. The highest BCUT2D eigenvalue weighted by atomic mass is 16.6. The van der Waals surface area contributed by atoms with Gasteiger partial charge in [0.25, 0.3) is 0 Å². The van der Waals surface area contributed by atoms with Gasteiger partial charge >= 0.3 is 18.2 Å². The van der Waals surface area contributed by atoms with Gasteiger partial charge in [0.2, 0.25) is 0 Å². The number of rotatable bonds is 13. The summed E-state index contributed by atoms with van der Waals surface area (Å²) in [5.74, 6) is -0.985. The van der Waals surface area contributed by atoms with E-state index in [1.54, 1.807) is 0 Å². The molecular weight excluding hydrogens is 412 g/mol. The highest BCUT2D eigenvalue weighted by molar-refractivity contribution is 5.71. The maximum atomic E-state index is 12.0. The number of hydrogen-bond donors (Lipinski definition) is 3. The van der Waals surface area contributed by atoms with Crippen molar-refractivity contribution in [3.05, 3.63) is 71.8 Å². The number of amides is 2. The molecule has 2 amide bonds. The summed E-state index contributed by atoms with van der Waals surface area (Å²) in [7, 11) is 0. The van der Waals surface area contributed by atoms with Crippen molar-refractivity contribution >= 4 is 18.2 Å². The van der Waals surface area contributed by atoms with E-state index >= 15 is 0 Å². The van der Waals surface area contributed by atoms with Gasteiger partial charge in [0, 0.05) is 12.6 Å². The smallest absolute Gasteiger partial charge is 0.407 e. The van der Waals surface area contributed by atoms with Crippen LogP contribution in [0.15, 0.2) is 60.7 Å². The molecule has 0 spiro atoms. The van der Waals surface area contributed by atoms with Gasteiger partial charge in [-0.3, -0.25) is 4.79 Å². The lowest BCUT2D eigenvalue weighted by Gasteiger charge is -2.17. The van der Waals surface area contributed by atoms with Gasteiger partial charge < -0.3 is 25.2 Å². The van der Waals surface area contributed by atoms with Crippen LogP contribution in [0.2, 0.25) is 0 Å². The van der Waals surface area contributed by atoms with Crippen LogP contribution < -0.4 is 10.6 Å². The van der Waals surface area contributed by atoms with Gasteiger partial charge in [-0.25, -0.2) is 9.59 Å². The number of nitrogens with one attached hydrogen (secondary N) is 2. The second-order valence-corrected chi connectivity index (χ2v) is 7.34. The highest BCUT2D eigenvalue weighted by Crippen LogP contribution is 2.08. The summed E-state index contributed by atoms with van der Waals surface area (Å²) in [5, 5.41) is 14.4. The number of carboxylic acid groups (broad SMARTS) is 1. The first-order valence-electron chi connectivity index (χ1n) is 10.7. The van der Waals surface area contributed by atoms with E-state index in [9.17, 15) is 14.4 Å². The van der Waals surface area contributed by atoms with Crippen LogP contribution in [0, 0.1) is 0 Å². The van der Waals surface area contributed by atoms with Crippen LogP contribution in [-0.2, 0) is 27.5 Å². The molecule has 32 heavy (non-hydrogen) atoms. The zero-order chi connectivity index (χ0) is 23.0. The molecule has 0 radical (unpaired) electrons. The van der Waals surface area contributed by atoms with E-state index in [4.69, 9.17) is 14.6 Å². The molecule has 2 aromatic carbocycles. The van der Waals surface area contributed by atoms with Crippen LogP contribution in [-0.4, -0.2) is 35.8 Å². The van der Waals surface area contributed by atoms with Crippen molar-refractivity contribution in [2.75, 3.05) is 6.54 Å². The molecule has 0 aliphatic heterocycles. The molecule has 0 saturated heterocycles. The number of alkyl carbamates (subject to hydrolysis) is 2. The molecule has 0 aliphatic carbocycles. The number of hydrogen-bond acceptors (Lipinski definition) is 5. The molecular formula is C24H30N2O6. The molecule has 2 rings (SSSR count). The molecule has 0 aromatic heterocycles. The van der Waals surface area contributed by atoms with E-state index in [1.165, 1.54) is 0 Å². The number of carboxylic acids is 1. The van der Waals surface area contributed by atoms with Gasteiger partial charge in [0.15, 0.2) is 0 Å². The van der Waals surface area contributed by atoms with E-state index in [0.717, 1.165) is 24.0 Å². The third-order valence-corrected chi connectivity index (χ3v) is 4.67. The lowest BCUT2D eigenvalue weighted by Crippen LogP contribution is -2.36. The van der Waals surface area contributed by atoms with Gasteiger partial charge in [0.05, 0.1) is 6.42 Å². The number of benzene rings is 2. The molecule has 3 N–H and O–H groups in total. The Balaban J connectivity index is 1.58. The summed E-state index contributed by atoms with van der Waals surface area (Å²) in [4.78, 5) is 34.8. The Bertz CT molecular complexity index is 829. The van der Waals surface area contributed by atoms with Gasteiger partial charge in [-0.05, 0) is 24.0 Å². The average molecular weight is 443 g/mol. The maximum absolute atomic E-state index is 12.0. The molecule has 8 nitrogen and oxygen atoms in total. The first-order valence-corrected chi connectivity index (χ1v) is 10.7. The summed E-state index contributed by atoms with van der Waals surface area (Å²) in [6.07, 6.45) is 1.42. The summed E-state index contributed by atoms with van der Waals surface area (Å²) in [6.45, 7) is 0.803. The third kappa shape index (κ3) is 11.0. The van der Waals surface area contributed by atoms with Crippen LogP contribution in [0.1, 0.15) is 43.2 Å². The molecule has 2 aromatic rings. The minimum Gasteiger partial charge on any atom is -0.481 e. The Kier molecular flexibility index (Phi) is 11.2. The molecule has 1 atom stereocenters. The zero-order valence-electron chi connectivity index (χ0n) is 18.0. The van der Waals surface area contributed by atoms with Crippen LogP contribution in [0.3, 0.4) is 0 Å². The van der Waals surface area contributed by atoms with E-state index in [0.29, 0.717) is 19.4 Å². The predicted molar refractivity (Wildman–Crippen MR) is 119 cm³/mol. The number of ether oxygens (including phenoxy) is 2. The van der Waals surface area contributed by atoms with Crippen molar-refractivity contribution in [2.24, 2.45) is 0 Å². The summed E-state index contributed by atoms with van der Waals surface area (Å²) < 4.78 is 10.3. The highest BCUT2D eigenvalue weighted by Gasteiger charge is 2.16. The number of unbranched alkanes of at least 4 members (excludes halogenated alkanes) is 2. The Morgan fingerprint density at radius 1 is 0.781 bits per heavy atom. The lowest BCUT2D eigenvalue weighted by atomic mass is 10.1. The Labute approximate surface area is 187 Å². The topological polar surface area (TPSA) is 114 Å². The fraction of sp³-hybridized carbons (Fsp3) is 0.375. The molecule has 0 bridgehead atoms. The largest absolute Gasteiger partial charge is 0.481 e. The van der Waals surface area contributed by atoms with E-state index in [2.05, 4.69) is 10.6 Å². The second-order valence-electron chi connectivity index (χ2n) is 7.34. The van der Waals surface area contributed by atoms with Crippen molar-refractivity contribution in [1.29, 1.82) is 0 Å². The molecule has 8 heteroatoms. The zero-order valence-corrected chi connectivity index (χ0v) is 18.0. The molecule has 0 aliphatic rings. The van der Waals surface area contributed by atoms with Crippen LogP contribution in [0.25, 0.3) is 0 Å². The number of carbonyl (C=O) groups excluding carboxylic acids is 2. The molecule has 172 valence electrons. The SMILES string of the molecule is O=C(O)CC(CCCCCNC(=O)OCc1ccccc1)NC(=O)OCc1ccccc1. The fourth-order valence-electron chi connectivity index (χ4n) is 3.02. The third-order valence-electron chi connectivity index (χ3n) is 4.67. The Morgan fingerprint density at radius 3 is 1.91 bits per heavy atom. The van der Waals surface area contributed by atoms with E-state index < -0.39 is 24.2 Å². The number of aliphatic carboxylic acids is 1. The van der Waals surface area contributed by atoms with Crippen molar-refractivity contribution in [2.45, 2.75) is 51.4 Å². The first-order chi connectivity index (χ1) is 15.5. The standard InChI is InChI=1S/C24H30N2O6/c27-22(28)16-21(26-24(30)32-18-20-12-6-2-7-13-20)14-8-3-9-15-25-23(29)31-17-19-10-4-1-5-11-19/h1-2,4-7,10-13,21H,3,8-9,14-18H2,(H,25,29)(H,26,30)(H,27,28). The van der Waals surface area contributed by atoms with Crippen LogP contribution in [0.4, 0.5) is 9.59 Å². The van der Waals surface area contributed by atoms with Crippen molar-refractivity contribution in [1.82, 2.24) is 10.6 Å². The van der Waals surface area contributed by atoms with Gasteiger partial charge in [0.1, 0.15) is 13.2 Å². The van der Waals surface area contributed by atoms with Crippen LogP contribution in [0.5, 0.6) is 0 Å². The Morgan fingerprint density at radius 2 is 1.34 bits per heavy atom. The monoisotopic (exact) mass is 442 g/mol.